The quantitative estimate of drug-likeness (QED) is 0.593. The molecule has 3 nitrogen and oxygen atoms in total. The van der Waals surface area contributed by atoms with Gasteiger partial charge in [-0.25, -0.2) is 0 Å². The fourth-order valence-corrected chi connectivity index (χ4v) is 2.32. The number of quaternary nitrogens is 1. The molecular formula is C13H30NO2+. The first-order valence-electron chi connectivity index (χ1n) is 6.56. The molecule has 0 fully saturated rings. The third-order valence-corrected chi connectivity index (χ3v) is 3.21. The van der Waals surface area contributed by atoms with Crippen molar-refractivity contribution in [3.63, 3.8) is 0 Å². The summed E-state index contributed by atoms with van der Waals surface area (Å²) in [5.41, 5.74) is 0. The van der Waals surface area contributed by atoms with Crippen LogP contribution in [-0.4, -0.2) is 54.6 Å². The number of hydrogen-bond donors (Lipinski definition) is 2. The average molecular weight is 232 g/mol. The molecule has 0 bridgehead atoms. The fraction of sp³-hybridized carbons (Fsp3) is 1.00. The molecule has 16 heavy (non-hydrogen) atoms. The lowest BCUT2D eigenvalue weighted by atomic mass is 9.98. The summed E-state index contributed by atoms with van der Waals surface area (Å²) < 4.78 is 0.796. The largest absolute Gasteiger partial charge is 0.393 e. The van der Waals surface area contributed by atoms with Crippen LogP contribution in [0.1, 0.15) is 39.5 Å². The Labute approximate surface area is 101 Å². The van der Waals surface area contributed by atoms with Crippen LogP contribution in [0.5, 0.6) is 0 Å². The molecule has 3 heteroatoms. The lowest BCUT2D eigenvalue weighted by molar-refractivity contribution is -0.896. The van der Waals surface area contributed by atoms with Gasteiger partial charge in [0.2, 0.25) is 0 Å². The molecular weight excluding hydrogens is 202 g/mol. The van der Waals surface area contributed by atoms with E-state index in [1.165, 1.54) is 25.7 Å². The molecule has 0 aliphatic carbocycles. The minimum Gasteiger partial charge on any atom is -0.393 e. The molecule has 0 saturated heterocycles. The predicted octanol–water partition coefficient (Wildman–Crippen LogP) is 1.63. The minimum absolute atomic E-state index is 0.132. The monoisotopic (exact) mass is 232 g/mol. The number of unbranched alkanes of at least 4 members (excludes halogenated alkanes) is 1. The molecule has 0 aromatic rings. The normalized spacial score (nSPS) is 16.1. The van der Waals surface area contributed by atoms with Crippen molar-refractivity contribution >= 4 is 0 Å². The van der Waals surface area contributed by atoms with Crippen LogP contribution in [0.4, 0.5) is 0 Å². The van der Waals surface area contributed by atoms with Crippen LogP contribution in [0.2, 0.25) is 0 Å². The highest BCUT2D eigenvalue weighted by Crippen LogP contribution is 2.17. The Hall–Kier alpha value is -0.120. The topological polar surface area (TPSA) is 40.5 Å². The second-order valence-electron chi connectivity index (χ2n) is 5.55. The number of aliphatic hydroxyl groups excluding tert-OH is 2. The summed E-state index contributed by atoms with van der Waals surface area (Å²) >= 11 is 0. The van der Waals surface area contributed by atoms with Gasteiger partial charge in [-0.05, 0) is 12.8 Å². The Morgan fingerprint density at radius 3 is 2.19 bits per heavy atom. The molecule has 0 rings (SSSR count). The van der Waals surface area contributed by atoms with E-state index in [4.69, 9.17) is 5.11 Å². The molecule has 2 unspecified atom stereocenters. The van der Waals surface area contributed by atoms with E-state index in [0.717, 1.165) is 16.9 Å². The van der Waals surface area contributed by atoms with Crippen molar-refractivity contribution in [3.8, 4) is 0 Å². The predicted molar refractivity (Wildman–Crippen MR) is 68.2 cm³/mol. The number of aliphatic hydroxyl groups is 2. The molecule has 98 valence electrons. The molecule has 0 aliphatic rings. The number of hydrogen-bond acceptors (Lipinski definition) is 2. The van der Waals surface area contributed by atoms with Crippen molar-refractivity contribution in [3.05, 3.63) is 0 Å². The van der Waals surface area contributed by atoms with E-state index in [1.807, 2.05) is 0 Å². The average Bonchev–Trinajstić information content (AvgIpc) is 2.23. The van der Waals surface area contributed by atoms with Crippen LogP contribution in [0, 0.1) is 5.92 Å². The lowest BCUT2D eigenvalue weighted by Crippen LogP contribution is -2.49. The van der Waals surface area contributed by atoms with Gasteiger partial charge in [0.25, 0.3) is 0 Å². The highest BCUT2D eigenvalue weighted by molar-refractivity contribution is 4.58. The standard InChI is InChI=1S/C13H30NO2/c1-5-7-8-12(6-2)9-14(3,4)10-13(16)11-15/h12-13,15-16H,5-11H2,1-4H3/q+1. The SMILES string of the molecule is CCCCC(CC)C[N+](C)(C)CC(O)CO. The molecule has 0 radical (unpaired) electrons. The van der Waals surface area contributed by atoms with Crippen LogP contribution in [0.15, 0.2) is 0 Å². The van der Waals surface area contributed by atoms with Crippen molar-refractivity contribution in [2.45, 2.75) is 45.6 Å². The highest BCUT2D eigenvalue weighted by Gasteiger charge is 2.23. The molecule has 0 aliphatic heterocycles. The van der Waals surface area contributed by atoms with Crippen molar-refractivity contribution in [2.24, 2.45) is 5.92 Å². The van der Waals surface area contributed by atoms with Crippen molar-refractivity contribution in [1.29, 1.82) is 0 Å². The Balaban J connectivity index is 4.08. The third kappa shape index (κ3) is 7.20. The maximum atomic E-state index is 9.49. The first-order chi connectivity index (χ1) is 7.45. The van der Waals surface area contributed by atoms with Gasteiger partial charge >= 0.3 is 0 Å². The molecule has 0 amide bonds. The van der Waals surface area contributed by atoms with Gasteiger partial charge in [0.15, 0.2) is 0 Å². The molecule has 0 aromatic carbocycles. The second-order valence-corrected chi connectivity index (χ2v) is 5.55. The van der Waals surface area contributed by atoms with Crippen LogP contribution in [0.25, 0.3) is 0 Å². The van der Waals surface area contributed by atoms with E-state index in [1.54, 1.807) is 0 Å². The Bertz CT molecular complexity index is 171. The smallest absolute Gasteiger partial charge is 0.126 e. The van der Waals surface area contributed by atoms with Gasteiger partial charge in [-0.1, -0.05) is 26.7 Å². The number of likely N-dealkylation sites (N-methyl/N-ethyl adjacent to an activating group) is 1. The van der Waals surface area contributed by atoms with E-state index in [0.29, 0.717) is 6.54 Å². The Kier molecular flexibility index (Phi) is 7.98. The Morgan fingerprint density at radius 2 is 1.75 bits per heavy atom. The molecule has 2 atom stereocenters. The summed E-state index contributed by atoms with van der Waals surface area (Å²) in [6, 6.07) is 0. The van der Waals surface area contributed by atoms with E-state index >= 15 is 0 Å². The maximum Gasteiger partial charge on any atom is 0.126 e. The number of nitrogens with zero attached hydrogens (tertiary/aromatic N) is 1. The maximum absolute atomic E-state index is 9.49. The van der Waals surface area contributed by atoms with Gasteiger partial charge in [0.05, 0.1) is 27.2 Å². The van der Waals surface area contributed by atoms with Gasteiger partial charge in [0.1, 0.15) is 12.6 Å². The first kappa shape index (κ1) is 15.9. The van der Waals surface area contributed by atoms with E-state index in [2.05, 4.69) is 27.9 Å². The zero-order valence-electron chi connectivity index (χ0n) is 11.4. The van der Waals surface area contributed by atoms with Gasteiger partial charge < -0.3 is 14.7 Å². The summed E-state index contributed by atoms with van der Waals surface area (Å²) in [5, 5.41) is 18.4. The van der Waals surface area contributed by atoms with E-state index in [9.17, 15) is 5.11 Å². The molecule has 0 spiro atoms. The zero-order chi connectivity index (χ0) is 12.6. The third-order valence-electron chi connectivity index (χ3n) is 3.21. The zero-order valence-corrected chi connectivity index (χ0v) is 11.4. The Morgan fingerprint density at radius 1 is 1.12 bits per heavy atom. The summed E-state index contributed by atoms with van der Waals surface area (Å²) in [6.45, 7) is 6.06. The van der Waals surface area contributed by atoms with Crippen LogP contribution in [-0.2, 0) is 0 Å². The number of rotatable bonds is 9. The van der Waals surface area contributed by atoms with Gasteiger partial charge in [-0.15, -0.1) is 0 Å². The van der Waals surface area contributed by atoms with Crippen LogP contribution < -0.4 is 0 Å². The second kappa shape index (κ2) is 8.04. The van der Waals surface area contributed by atoms with Gasteiger partial charge in [0, 0.05) is 5.92 Å². The highest BCUT2D eigenvalue weighted by atomic mass is 16.3. The molecule has 0 saturated carbocycles. The van der Waals surface area contributed by atoms with E-state index < -0.39 is 6.10 Å². The van der Waals surface area contributed by atoms with Crippen LogP contribution >= 0.6 is 0 Å². The first-order valence-corrected chi connectivity index (χ1v) is 6.56. The van der Waals surface area contributed by atoms with Crippen molar-refractivity contribution < 1.29 is 14.7 Å². The fourth-order valence-electron chi connectivity index (χ4n) is 2.32. The van der Waals surface area contributed by atoms with Gasteiger partial charge in [-0.2, -0.15) is 0 Å². The van der Waals surface area contributed by atoms with Crippen molar-refractivity contribution in [1.82, 2.24) is 0 Å². The summed E-state index contributed by atoms with van der Waals surface area (Å²) in [7, 11) is 4.26. The summed E-state index contributed by atoms with van der Waals surface area (Å²) in [6.07, 6.45) is 4.45. The van der Waals surface area contributed by atoms with Crippen molar-refractivity contribution in [2.75, 3.05) is 33.8 Å². The minimum atomic E-state index is -0.585. The molecule has 2 N–H and O–H groups in total. The lowest BCUT2D eigenvalue weighted by Gasteiger charge is -2.34. The van der Waals surface area contributed by atoms with Gasteiger partial charge in [-0.3, -0.25) is 0 Å². The van der Waals surface area contributed by atoms with Crippen LogP contribution in [0.3, 0.4) is 0 Å². The van der Waals surface area contributed by atoms with E-state index in [-0.39, 0.29) is 6.61 Å². The molecule has 0 heterocycles. The summed E-state index contributed by atoms with van der Waals surface area (Å²) in [5.74, 6) is 0.737. The molecule has 0 aromatic heterocycles. The summed E-state index contributed by atoms with van der Waals surface area (Å²) in [4.78, 5) is 0.